The van der Waals surface area contributed by atoms with Gasteiger partial charge in [-0.1, -0.05) is 29.8 Å². The monoisotopic (exact) mass is 356 g/mol. The maximum atomic E-state index is 12.4. The van der Waals surface area contributed by atoms with Crippen LogP contribution >= 0.6 is 11.6 Å². The average molecular weight is 357 g/mol. The summed E-state index contributed by atoms with van der Waals surface area (Å²) in [5.74, 6) is -1.12. The topological polar surface area (TPSA) is 88.3 Å². The molecule has 0 fully saturated rings. The number of ether oxygens (including phenoxy) is 1. The minimum Gasteiger partial charge on any atom is -0.465 e. The highest BCUT2D eigenvalue weighted by atomic mass is 35.5. The fourth-order valence-corrected chi connectivity index (χ4v) is 2.60. The summed E-state index contributed by atoms with van der Waals surface area (Å²) in [4.78, 5) is 38.7. The van der Waals surface area contributed by atoms with E-state index in [9.17, 15) is 14.4 Å². The van der Waals surface area contributed by atoms with E-state index in [1.807, 2.05) is 0 Å². The number of methoxy groups -OCH3 is 1. The first-order valence-corrected chi connectivity index (χ1v) is 7.68. The zero-order chi connectivity index (χ0) is 18.0. The van der Waals surface area contributed by atoms with E-state index in [4.69, 9.17) is 11.6 Å². The molecule has 0 radical (unpaired) electrons. The van der Waals surface area contributed by atoms with Gasteiger partial charge in [0.1, 0.15) is 5.69 Å². The molecule has 0 spiro atoms. The molecule has 1 aromatic heterocycles. The van der Waals surface area contributed by atoms with Gasteiger partial charge in [0.25, 0.3) is 11.5 Å². The molecule has 0 aliphatic carbocycles. The summed E-state index contributed by atoms with van der Waals surface area (Å²) in [5.41, 5.74) is 0.241. The molecule has 2 aromatic carbocycles. The molecule has 126 valence electrons. The number of benzene rings is 2. The van der Waals surface area contributed by atoms with Crippen LogP contribution in [0.3, 0.4) is 0 Å². The fraction of sp³-hybridized carbons (Fsp3) is 0.0556. The minimum absolute atomic E-state index is 0.110. The van der Waals surface area contributed by atoms with Crippen LogP contribution in [0.5, 0.6) is 0 Å². The van der Waals surface area contributed by atoms with Crippen molar-refractivity contribution in [2.75, 3.05) is 12.4 Å². The predicted molar refractivity (Wildman–Crippen MR) is 95.3 cm³/mol. The van der Waals surface area contributed by atoms with Crippen LogP contribution in [0.25, 0.3) is 10.8 Å². The van der Waals surface area contributed by atoms with Crippen LogP contribution in [-0.4, -0.2) is 24.0 Å². The van der Waals surface area contributed by atoms with Gasteiger partial charge in [0.15, 0.2) is 0 Å². The summed E-state index contributed by atoms with van der Waals surface area (Å²) in [7, 11) is 1.24. The molecule has 25 heavy (non-hydrogen) atoms. The minimum atomic E-state index is -0.611. The van der Waals surface area contributed by atoms with Crippen molar-refractivity contribution < 1.29 is 14.3 Å². The third kappa shape index (κ3) is 3.39. The number of carbonyl (C=O) groups excluding carboxylic acids is 2. The van der Waals surface area contributed by atoms with Crippen molar-refractivity contribution in [3.63, 3.8) is 0 Å². The normalized spacial score (nSPS) is 10.5. The molecule has 1 amide bonds. The van der Waals surface area contributed by atoms with Gasteiger partial charge in [0, 0.05) is 11.1 Å². The Balaban J connectivity index is 1.93. The lowest BCUT2D eigenvalue weighted by Crippen LogP contribution is -2.19. The smallest absolute Gasteiger partial charge is 0.339 e. The van der Waals surface area contributed by atoms with Crippen molar-refractivity contribution in [2.24, 2.45) is 0 Å². The van der Waals surface area contributed by atoms with E-state index in [1.165, 1.54) is 19.2 Å². The largest absolute Gasteiger partial charge is 0.465 e. The molecular formula is C18H13ClN2O4. The highest BCUT2D eigenvalue weighted by Gasteiger charge is 2.14. The first kappa shape index (κ1) is 16.7. The van der Waals surface area contributed by atoms with Crippen LogP contribution in [0, 0.1) is 0 Å². The molecular weight excluding hydrogens is 344 g/mol. The Kier molecular flexibility index (Phi) is 4.54. The molecule has 7 heteroatoms. The molecule has 0 aliphatic rings. The summed E-state index contributed by atoms with van der Waals surface area (Å²) in [5, 5.41) is 3.99. The van der Waals surface area contributed by atoms with Crippen molar-refractivity contribution in [3.8, 4) is 0 Å². The molecule has 0 unspecified atom stereocenters. The second-order valence-electron chi connectivity index (χ2n) is 5.24. The number of pyridine rings is 1. The fourth-order valence-electron chi connectivity index (χ4n) is 2.40. The lowest BCUT2D eigenvalue weighted by molar-refractivity contribution is 0.0600. The quantitative estimate of drug-likeness (QED) is 0.705. The number of nitrogens with one attached hydrogen (secondary N) is 2. The highest BCUT2D eigenvalue weighted by Crippen LogP contribution is 2.22. The van der Waals surface area contributed by atoms with Crippen molar-refractivity contribution >= 4 is 39.9 Å². The summed E-state index contributed by atoms with van der Waals surface area (Å²) in [6.07, 6.45) is 0. The van der Waals surface area contributed by atoms with Crippen LogP contribution in [-0.2, 0) is 4.74 Å². The number of hydrogen-bond acceptors (Lipinski definition) is 4. The molecule has 0 aliphatic heterocycles. The Morgan fingerprint density at radius 1 is 1.12 bits per heavy atom. The van der Waals surface area contributed by atoms with Gasteiger partial charge in [-0.15, -0.1) is 0 Å². The van der Waals surface area contributed by atoms with E-state index in [0.717, 1.165) is 0 Å². The average Bonchev–Trinajstić information content (AvgIpc) is 2.62. The van der Waals surface area contributed by atoms with Gasteiger partial charge >= 0.3 is 5.97 Å². The molecule has 1 heterocycles. The number of rotatable bonds is 3. The van der Waals surface area contributed by atoms with Crippen molar-refractivity contribution in [1.82, 2.24) is 4.98 Å². The zero-order valence-electron chi connectivity index (χ0n) is 13.1. The number of esters is 1. The summed E-state index contributed by atoms with van der Waals surface area (Å²) in [6.45, 7) is 0. The van der Waals surface area contributed by atoms with Crippen LogP contribution in [0.15, 0.2) is 53.3 Å². The number of hydrogen-bond donors (Lipinski definition) is 2. The molecule has 2 N–H and O–H groups in total. The lowest BCUT2D eigenvalue weighted by atomic mass is 10.1. The van der Waals surface area contributed by atoms with Crippen LogP contribution in [0.2, 0.25) is 5.02 Å². The second-order valence-corrected chi connectivity index (χ2v) is 5.65. The van der Waals surface area contributed by atoms with Crippen molar-refractivity contribution in [2.45, 2.75) is 0 Å². The second kappa shape index (κ2) is 6.78. The molecule has 0 atom stereocenters. The van der Waals surface area contributed by atoms with E-state index >= 15 is 0 Å². The molecule has 3 aromatic rings. The lowest BCUT2D eigenvalue weighted by Gasteiger charge is -2.09. The van der Waals surface area contributed by atoms with Crippen molar-refractivity contribution in [1.29, 1.82) is 0 Å². The zero-order valence-corrected chi connectivity index (χ0v) is 13.9. The first-order chi connectivity index (χ1) is 12.0. The van der Waals surface area contributed by atoms with E-state index in [1.54, 1.807) is 36.4 Å². The van der Waals surface area contributed by atoms with E-state index in [0.29, 0.717) is 16.5 Å². The maximum absolute atomic E-state index is 12.4. The van der Waals surface area contributed by atoms with Crippen LogP contribution in [0.4, 0.5) is 5.69 Å². The van der Waals surface area contributed by atoms with Gasteiger partial charge < -0.3 is 15.0 Å². The van der Waals surface area contributed by atoms with Gasteiger partial charge in [0.2, 0.25) is 0 Å². The Morgan fingerprint density at radius 2 is 1.88 bits per heavy atom. The number of H-pyrrole nitrogens is 1. The Morgan fingerprint density at radius 3 is 2.64 bits per heavy atom. The number of fused-ring (bicyclic) bond motifs is 1. The Labute approximate surface area is 147 Å². The van der Waals surface area contributed by atoms with Gasteiger partial charge in [-0.25, -0.2) is 4.79 Å². The number of amides is 1. The number of aromatic nitrogens is 1. The summed E-state index contributed by atoms with van der Waals surface area (Å²) in [6, 6.07) is 13.0. The molecule has 0 saturated heterocycles. The van der Waals surface area contributed by atoms with Crippen LogP contribution < -0.4 is 10.9 Å². The molecule has 0 saturated carbocycles. The SMILES string of the molecule is COC(=O)c1cc(NC(=O)c2cc3ccccc3c(=O)[nH]2)ccc1Cl. The number of aromatic amines is 1. The Bertz CT molecular complexity index is 1040. The van der Waals surface area contributed by atoms with Gasteiger partial charge in [-0.2, -0.15) is 0 Å². The van der Waals surface area contributed by atoms with Crippen molar-refractivity contribution in [3.05, 3.63) is 75.2 Å². The predicted octanol–water partition coefficient (Wildman–Crippen LogP) is 3.22. The number of carbonyl (C=O) groups is 2. The number of anilines is 1. The Hall–Kier alpha value is -3.12. The van der Waals surface area contributed by atoms with E-state index < -0.39 is 11.9 Å². The van der Waals surface area contributed by atoms with Gasteiger partial charge in [-0.05, 0) is 35.7 Å². The van der Waals surface area contributed by atoms with Gasteiger partial charge in [0.05, 0.1) is 17.7 Å². The third-order valence-electron chi connectivity index (χ3n) is 3.63. The first-order valence-electron chi connectivity index (χ1n) is 7.31. The van der Waals surface area contributed by atoms with E-state index in [2.05, 4.69) is 15.0 Å². The number of halogens is 1. The molecule has 3 rings (SSSR count). The molecule has 6 nitrogen and oxygen atoms in total. The summed E-state index contributed by atoms with van der Waals surface area (Å²) >= 11 is 5.95. The highest BCUT2D eigenvalue weighted by molar-refractivity contribution is 6.33. The molecule has 0 bridgehead atoms. The van der Waals surface area contributed by atoms with E-state index in [-0.39, 0.29) is 21.8 Å². The van der Waals surface area contributed by atoms with Crippen LogP contribution in [0.1, 0.15) is 20.8 Å². The maximum Gasteiger partial charge on any atom is 0.339 e. The summed E-state index contributed by atoms with van der Waals surface area (Å²) < 4.78 is 4.64. The van der Waals surface area contributed by atoms with Gasteiger partial charge in [-0.3, -0.25) is 9.59 Å². The standard InChI is InChI=1S/C18H13ClN2O4/c1-25-18(24)13-9-11(6-7-14(13)19)20-17(23)15-8-10-4-2-3-5-12(10)16(22)21-15/h2-9H,1H3,(H,20,23)(H,21,22). The third-order valence-corrected chi connectivity index (χ3v) is 3.96.